The van der Waals surface area contributed by atoms with Crippen LogP contribution in [0.3, 0.4) is 0 Å². The zero-order valence-corrected chi connectivity index (χ0v) is 21.9. The first-order valence-corrected chi connectivity index (χ1v) is 12.3. The second-order valence-corrected chi connectivity index (χ2v) is 9.29. The molecule has 0 radical (unpaired) electrons. The van der Waals surface area contributed by atoms with Gasteiger partial charge in [-0.15, -0.1) is 0 Å². The van der Waals surface area contributed by atoms with Crippen LogP contribution in [0, 0.1) is 0 Å². The minimum Gasteiger partial charge on any atom is -0.508 e. The smallest absolute Gasteiger partial charge is 0.250 e. The van der Waals surface area contributed by atoms with Gasteiger partial charge in [0.05, 0.1) is 11.1 Å². The van der Waals surface area contributed by atoms with E-state index in [0.717, 1.165) is 44.5 Å². The van der Waals surface area contributed by atoms with Gasteiger partial charge in [-0.3, -0.25) is 9.79 Å². The Kier molecular flexibility index (Phi) is 6.68. The summed E-state index contributed by atoms with van der Waals surface area (Å²) in [5.41, 5.74) is 14.5. The molecule has 5 rings (SSSR count). The summed E-state index contributed by atoms with van der Waals surface area (Å²) in [5.74, 6) is 0.345. The van der Waals surface area contributed by atoms with Crippen molar-refractivity contribution in [3.8, 4) is 39.3 Å². The van der Waals surface area contributed by atoms with E-state index in [2.05, 4.69) is 32.9 Å². The predicted molar refractivity (Wildman–Crippen MR) is 158 cm³/mol. The monoisotopic (exact) mass is 516 g/mol. The molecule has 194 valence electrons. The zero-order chi connectivity index (χ0) is 27.7. The summed E-state index contributed by atoms with van der Waals surface area (Å²) in [5, 5.41) is 13.6. The molecule has 2 heterocycles. The van der Waals surface area contributed by atoms with Gasteiger partial charge in [0.2, 0.25) is 0 Å². The number of hydrogen-bond acceptors (Lipinski definition) is 6. The molecular formula is C31H28N6O2. The normalized spacial score (nSPS) is 11.3. The number of nitrogens with zero attached hydrogens (tertiary/aromatic N) is 4. The quantitative estimate of drug-likeness (QED) is 0.194. The van der Waals surface area contributed by atoms with Crippen molar-refractivity contribution in [2.24, 2.45) is 12.0 Å². The first-order valence-electron chi connectivity index (χ1n) is 12.3. The number of aromatic nitrogens is 3. The molecule has 8 heteroatoms. The molecule has 0 spiro atoms. The number of aromatic hydroxyl groups is 1. The van der Waals surface area contributed by atoms with Gasteiger partial charge in [-0.1, -0.05) is 43.0 Å². The van der Waals surface area contributed by atoms with Crippen LogP contribution in [0.5, 0.6) is 5.75 Å². The maximum atomic E-state index is 12.1. The summed E-state index contributed by atoms with van der Waals surface area (Å²) in [6.07, 6.45) is 3.26. The third kappa shape index (κ3) is 4.75. The maximum absolute atomic E-state index is 12.1. The van der Waals surface area contributed by atoms with E-state index in [0.29, 0.717) is 22.7 Å². The summed E-state index contributed by atoms with van der Waals surface area (Å²) < 4.78 is 2.00. The van der Waals surface area contributed by atoms with E-state index in [1.54, 1.807) is 32.3 Å². The van der Waals surface area contributed by atoms with E-state index < -0.39 is 0 Å². The lowest BCUT2D eigenvalue weighted by Crippen LogP contribution is -2.11. The molecule has 0 atom stereocenters. The van der Waals surface area contributed by atoms with E-state index in [9.17, 15) is 9.90 Å². The van der Waals surface area contributed by atoms with Crippen molar-refractivity contribution >= 4 is 34.7 Å². The number of benzene rings is 3. The number of aryl methyl sites for hydroxylation is 1. The van der Waals surface area contributed by atoms with Crippen molar-refractivity contribution in [1.29, 1.82) is 0 Å². The molecule has 0 saturated carbocycles. The molecule has 0 aliphatic heterocycles. The van der Waals surface area contributed by atoms with Crippen molar-refractivity contribution in [3.63, 3.8) is 0 Å². The van der Waals surface area contributed by atoms with Crippen LogP contribution >= 0.6 is 0 Å². The number of anilines is 2. The lowest BCUT2D eigenvalue weighted by Gasteiger charge is -2.13. The summed E-state index contributed by atoms with van der Waals surface area (Å²) >= 11 is 0. The van der Waals surface area contributed by atoms with Gasteiger partial charge < -0.3 is 20.7 Å². The zero-order valence-electron chi connectivity index (χ0n) is 21.9. The van der Waals surface area contributed by atoms with Crippen LogP contribution in [0.25, 0.3) is 44.5 Å². The Bertz CT molecular complexity index is 1770. The van der Waals surface area contributed by atoms with Crippen LogP contribution in [0.4, 0.5) is 11.5 Å². The van der Waals surface area contributed by atoms with Crippen molar-refractivity contribution < 1.29 is 9.90 Å². The number of carbonyl (C=O) groups is 1. The highest BCUT2D eigenvalue weighted by Gasteiger charge is 2.22. The Morgan fingerprint density at radius 3 is 2.49 bits per heavy atom. The average Bonchev–Trinajstić information content (AvgIpc) is 3.22. The van der Waals surface area contributed by atoms with Gasteiger partial charge in [0.25, 0.3) is 5.91 Å². The number of phenolic OH excluding ortho intramolecular Hbond substituents is 1. The number of nitrogen functional groups attached to an aromatic ring is 1. The van der Waals surface area contributed by atoms with Gasteiger partial charge >= 0.3 is 0 Å². The topological polar surface area (TPSA) is 118 Å². The molecule has 0 fully saturated rings. The van der Waals surface area contributed by atoms with E-state index >= 15 is 0 Å². The van der Waals surface area contributed by atoms with Crippen LogP contribution in [0.15, 0.2) is 90.2 Å². The van der Waals surface area contributed by atoms with Crippen molar-refractivity contribution in [3.05, 3.63) is 90.8 Å². The molecular weight excluding hydrogens is 488 g/mol. The molecule has 5 aromatic rings. The molecule has 0 unspecified atom stereocenters. The van der Waals surface area contributed by atoms with E-state index in [1.807, 2.05) is 60.1 Å². The lowest BCUT2D eigenvalue weighted by molar-refractivity contribution is -0.112. The highest BCUT2D eigenvalue weighted by Crippen LogP contribution is 2.43. The number of nitrogens with two attached hydrogens (primary N) is 1. The highest BCUT2D eigenvalue weighted by atomic mass is 16.3. The second kappa shape index (κ2) is 10.3. The molecule has 8 nitrogen and oxygen atoms in total. The molecule has 2 aromatic heterocycles. The summed E-state index contributed by atoms with van der Waals surface area (Å²) in [4.78, 5) is 25.2. The Labute approximate surface area is 226 Å². The standard InChI is InChI=1S/C31H28N6O2/c1-18(2)31(39)36-23-11-8-19(9-12-23)28-26(27-29(32)34-17-35-30(27)37(28)4)21-10-13-25(22(14-21)16-33-3)20-6-5-7-24(38)15-20/h5-17,38H,1H2,2-4H3,(H,36,39)(H2,32,34,35). The molecule has 3 aromatic carbocycles. The van der Waals surface area contributed by atoms with Crippen LogP contribution in [0.1, 0.15) is 12.5 Å². The number of amides is 1. The molecule has 39 heavy (non-hydrogen) atoms. The van der Waals surface area contributed by atoms with Crippen molar-refractivity contribution in [2.75, 3.05) is 18.1 Å². The van der Waals surface area contributed by atoms with Crippen molar-refractivity contribution in [2.45, 2.75) is 6.92 Å². The molecule has 0 saturated heterocycles. The highest BCUT2D eigenvalue weighted by molar-refractivity contribution is 6.09. The van der Waals surface area contributed by atoms with Gasteiger partial charge in [0.15, 0.2) is 0 Å². The SMILES string of the molecule is C=C(C)C(=O)Nc1ccc(-c2c(-c3ccc(-c4cccc(O)c4)c(C=NC)c3)c3c(N)ncnc3n2C)cc1. The minimum atomic E-state index is -0.229. The Balaban J connectivity index is 1.71. The van der Waals surface area contributed by atoms with Crippen molar-refractivity contribution in [1.82, 2.24) is 14.5 Å². The fraction of sp³-hybridized carbons (Fsp3) is 0.0968. The first-order chi connectivity index (χ1) is 18.8. The Morgan fingerprint density at radius 2 is 1.79 bits per heavy atom. The third-order valence-corrected chi connectivity index (χ3v) is 6.57. The van der Waals surface area contributed by atoms with Crippen LogP contribution < -0.4 is 11.1 Å². The van der Waals surface area contributed by atoms with E-state index in [-0.39, 0.29) is 11.7 Å². The van der Waals surface area contributed by atoms with Crippen LogP contribution in [-0.2, 0) is 11.8 Å². The second-order valence-electron chi connectivity index (χ2n) is 9.29. The Hall–Kier alpha value is -5.24. The van der Waals surface area contributed by atoms with E-state index in [4.69, 9.17) is 5.73 Å². The fourth-order valence-electron chi connectivity index (χ4n) is 4.74. The number of fused-ring (bicyclic) bond motifs is 1. The molecule has 0 aliphatic rings. The maximum Gasteiger partial charge on any atom is 0.250 e. The minimum absolute atomic E-state index is 0.195. The van der Waals surface area contributed by atoms with Gasteiger partial charge in [-0.2, -0.15) is 0 Å². The van der Waals surface area contributed by atoms with Crippen LogP contribution in [0.2, 0.25) is 0 Å². The van der Waals surface area contributed by atoms with Gasteiger partial charge in [-0.05, 0) is 59.5 Å². The van der Waals surface area contributed by atoms with Gasteiger partial charge in [-0.25, -0.2) is 9.97 Å². The molecule has 1 amide bonds. The number of aliphatic imine (C=N–C) groups is 1. The lowest BCUT2D eigenvalue weighted by atomic mass is 9.93. The number of rotatable bonds is 6. The molecule has 4 N–H and O–H groups in total. The van der Waals surface area contributed by atoms with Crippen LogP contribution in [-0.4, -0.2) is 38.8 Å². The summed E-state index contributed by atoms with van der Waals surface area (Å²) in [6.45, 7) is 5.36. The van der Waals surface area contributed by atoms with E-state index in [1.165, 1.54) is 6.33 Å². The van der Waals surface area contributed by atoms with Gasteiger partial charge in [0.1, 0.15) is 23.5 Å². The largest absolute Gasteiger partial charge is 0.508 e. The average molecular weight is 517 g/mol. The third-order valence-electron chi connectivity index (χ3n) is 6.57. The summed E-state index contributed by atoms with van der Waals surface area (Å²) in [6, 6.07) is 20.8. The number of carbonyl (C=O) groups excluding carboxylic acids is 1. The van der Waals surface area contributed by atoms with Gasteiger partial charge in [0, 0.05) is 42.7 Å². The first kappa shape index (κ1) is 25.4. The number of phenols is 1. The predicted octanol–water partition coefficient (Wildman–Crippen LogP) is 5.82. The fourth-order valence-corrected chi connectivity index (χ4v) is 4.74. The summed E-state index contributed by atoms with van der Waals surface area (Å²) in [7, 11) is 3.67. The molecule has 0 bridgehead atoms. The number of nitrogens with one attached hydrogen (secondary N) is 1. The molecule has 0 aliphatic carbocycles. The number of hydrogen-bond donors (Lipinski definition) is 3. The Morgan fingerprint density at radius 1 is 1.05 bits per heavy atom.